The molecule has 0 aliphatic carbocycles. The normalized spacial score (nSPS) is 10.1. The maximum Gasteiger partial charge on any atom is 0.219 e. The number of thiocarbonyl (C=S) groups is 1. The number of nitrogens with two attached hydrogens (primary N) is 1. The molecule has 0 unspecified atom stereocenters. The second-order valence-electron chi connectivity index (χ2n) is 3.46. The van der Waals surface area contributed by atoms with Crippen molar-refractivity contribution in [3.05, 3.63) is 53.7 Å². The van der Waals surface area contributed by atoms with Crippen molar-refractivity contribution in [1.82, 2.24) is 4.98 Å². The van der Waals surface area contributed by atoms with Crippen LogP contribution in [0.25, 0.3) is 0 Å². The zero-order valence-corrected chi connectivity index (χ0v) is 9.88. The molecule has 0 saturated carbocycles. The predicted molar refractivity (Wildman–Crippen MR) is 66.6 cm³/mol. The van der Waals surface area contributed by atoms with E-state index in [-0.39, 0.29) is 16.6 Å². The summed E-state index contributed by atoms with van der Waals surface area (Å²) in [5.74, 6) is -1.21. The Morgan fingerprint density at radius 3 is 2.33 bits per heavy atom. The highest BCUT2D eigenvalue weighted by molar-refractivity contribution is 7.80. The van der Waals surface area contributed by atoms with Gasteiger partial charge in [0.05, 0.1) is 0 Å². The maximum atomic E-state index is 12.9. The summed E-state index contributed by atoms with van der Waals surface area (Å²) in [6.07, 6.45) is 1.42. The predicted octanol–water partition coefficient (Wildman–Crippen LogP) is 2.79. The third-order valence-corrected chi connectivity index (χ3v) is 2.32. The molecular weight excluding hydrogens is 258 g/mol. The molecule has 1 aromatic heterocycles. The maximum absolute atomic E-state index is 12.9. The summed E-state index contributed by atoms with van der Waals surface area (Å²) in [6.45, 7) is 0. The Morgan fingerprint density at radius 1 is 1.17 bits per heavy atom. The lowest BCUT2D eigenvalue weighted by Gasteiger charge is -2.05. The van der Waals surface area contributed by atoms with E-state index < -0.39 is 11.6 Å². The van der Waals surface area contributed by atoms with E-state index in [1.54, 1.807) is 6.07 Å². The summed E-state index contributed by atoms with van der Waals surface area (Å²) in [5.41, 5.74) is 5.99. The Balaban J connectivity index is 2.20. The summed E-state index contributed by atoms with van der Waals surface area (Å²) < 4.78 is 31.1. The van der Waals surface area contributed by atoms with Gasteiger partial charge in [0.25, 0.3) is 0 Å². The van der Waals surface area contributed by atoms with Gasteiger partial charge in [0.1, 0.15) is 22.4 Å². The zero-order chi connectivity index (χ0) is 13.1. The van der Waals surface area contributed by atoms with Gasteiger partial charge in [-0.05, 0) is 6.07 Å². The topological polar surface area (TPSA) is 48.1 Å². The van der Waals surface area contributed by atoms with Gasteiger partial charge in [-0.1, -0.05) is 12.2 Å². The van der Waals surface area contributed by atoms with Crippen molar-refractivity contribution in [1.29, 1.82) is 0 Å². The fourth-order valence-corrected chi connectivity index (χ4v) is 1.42. The van der Waals surface area contributed by atoms with Gasteiger partial charge in [0, 0.05) is 36.0 Å². The Bertz CT molecular complexity index is 567. The Kier molecular flexibility index (Phi) is 3.47. The third kappa shape index (κ3) is 2.98. The van der Waals surface area contributed by atoms with Crippen LogP contribution in [-0.4, -0.2) is 9.97 Å². The molecule has 2 N–H and O–H groups in total. The second kappa shape index (κ2) is 5.05. The smallest absolute Gasteiger partial charge is 0.219 e. The summed E-state index contributed by atoms with van der Waals surface area (Å²) in [7, 11) is 0. The van der Waals surface area contributed by atoms with Gasteiger partial charge in [-0.25, -0.2) is 13.8 Å². The number of hydrogen-bond donors (Lipinski definition) is 1. The van der Waals surface area contributed by atoms with Crippen LogP contribution in [0.5, 0.6) is 11.6 Å². The highest BCUT2D eigenvalue weighted by Crippen LogP contribution is 2.21. The van der Waals surface area contributed by atoms with Gasteiger partial charge in [-0.3, -0.25) is 0 Å². The molecule has 1 aromatic carbocycles. The van der Waals surface area contributed by atoms with Crippen molar-refractivity contribution >= 4 is 17.2 Å². The Morgan fingerprint density at radius 2 is 1.83 bits per heavy atom. The molecule has 3 nitrogen and oxygen atoms in total. The first-order chi connectivity index (χ1) is 8.54. The summed E-state index contributed by atoms with van der Waals surface area (Å²) >= 11 is 4.77. The van der Waals surface area contributed by atoms with E-state index in [4.69, 9.17) is 22.7 Å². The molecular formula is C12H8F2N2OS. The number of rotatable bonds is 3. The van der Waals surface area contributed by atoms with Crippen molar-refractivity contribution < 1.29 is 13.5 Å². The molecule has 92 valence electrons. The van der Waals surface area contributed by atoms with Crippen LogP contribution in [0.4, 0.5) is 8.78 Å². The molecule has 0 amide bonds. The van der Waals surface area contributed by atoms with Crippen LogP contribution in [0, 0.1) is 11.6 Å². The van der Waals surface area contributed by atoms with Gasteiger partial charge in [-0.2, -0.15) is 0 Å². The van der Waals surface area contributed by atoms with Crippen molar-refractivity contribution in [2.45, 2.75) is 0 Å². The van der Waals surface area contributed by atoms with Crippen LogP contribution in [0.2, 0.25) is 0 Å². The van der Waals surface area contributed by atoms with Crippen LogP contribution in [-0.2, 0) is 0 Å². The van der Waals surface area contributed by atoms with E-state index in [0.29, 0.717) is 5.56 Å². The molecule has 6 heteroatoms. The lowest BCUT2D eigenvalue weighted by molar-refractivity contribution is 0.451. The molecule has 0 saturated heterocycles. The molecule has 2 aromatic rings. The minimum atomic E-state index is -0.718. The number of halogens is 2. The highest BCUT2D eigenvalue weighted by atomic mass is 32.1. The van der Waals surface area contributed by atoms with Crippen LogP contribution in [0.15, 0.2) is 36.5 Å². The molecule has 0 bridgehead atoms. The average molecular weight is 266 g/mol. The average Bonchev–Trinajstić information content (AvgIpc) is 2.28. The van der Waals surface area contributed by atoms with Gasteiger partial charge >= 0.3 is 0 Å². The van der Waals surface area contributed by atoms with Crippen molar-refractivity contribution in [2.75, 3.05) is 0 Å². The second-order valence-corrected chi connectivity index (χ2v) is 3.90. The van der Waals surface area contributed by atoms with Crippen molar-refractivity contribution in [3.8, 4) is 11.6 Å². The van der Waals surface area contributed by atoms with Crippen LogP contribution in [0.1, 0.15) is 5.56 Å². The van der Waals surface area contributed by atoms with E-state index >= 15 is 0 Å². The lowest BCUT2D eigenvalue weighted by Crippen LogP contribution is -2.09. The van der Waals surface area contributed by atoms with Gasteiger partial charge in [0.15, 0.2) is 0 Å². The molecule has 18 heavy (non-hydrogen) atoms. The first kappa shape index (κ1) is 12.4. The highest BCUT2D eigenvalue weighted by Gasteiger charge is 2.04. The van der Waals surface area contributed by atoms with Crippen LogP contribution in [0.3, 0.4) is 0 Å². The molecule has 2 rings (SSSR count). The summed E-state index contributed by atoms with van der Waals surface area (Å²) in [4.78, 5) is 4.13. The minimum absolute atomic E-state index is 0.0306. The van der Waals surface area contributed by atoms with Crippen molar-refractivity contribution in [2.24, 2.45) is 5.73 Å². The quantitative estimate of drug-likeness (QED) is 0.868. The third-order valence-electron chi connectivity index (χ3n) is 2.08. The molecule has 0 spiro atoms. The molecule has 0 aliphatic heterocycles. The number of hydrogen-bond acceptors (Lipinski definition) is 3. The summed E-state index contributed by atoms with van der Waals surface area (Å²) in [5, 5.41) is 0. The van der Waals surface area contributed by atoms with E-state index in [9.17, 15) is 8.78 Å². The molecule has 0 aliphatic rings. The summed E-state index contributed by atoms with van der Waals surface area (Å²) in [6, 6.07) is 6.01. The van der Waals surface area contributed by atoms with Gasteiger partial charge < -0.3 is 10.5 Å². The number of pyridine rings is 1. The first-order valence-electron chi connectivity index (χ1n) is 4.94. The van der Waals surface area contributed by atoms with E-state index in [0.717, 1.165) is 18.2 Å². The van der Waals surface area contributed by atoms with Gasteiger partial charge in [-0.15, -0.1) is 0 Å². The fraction of sp³-hybridized carbons (Fsp3) is 0. The molecule has 0 fully saturated rings. The number of aromatic nitrogens is 1. The van der Waals surface area contributed by atoms with Crippen LogP contribution < -0.4 is 10.5 Å². The van der Waals surface area contributed by atoms with Crippen molar-refractivity contribution in [3.63, 3.8) is 0 Å². The number of nitrogens with zero attached hydrogens (tertiary/aromatic N) is 1. The first-order valence-corrected chi connectivity index (χ1v) is 5.35. The number of benzene rings is 1. The Labute approximate surface area is 107 Å². The van der Waals surface area contributed by atoms with E-state index in [1.165, 1.54) is 12.3 Å². The molecule has 0 radical (unpaired) electrons. The van der Waals surface area contributed by atoms with Gasteiger partial charge in [0.2, 0.25) is 5.88 Å². The fourth-order valence-electron chi connectivity index (χ4n) is 1.29. The standard InChI is InChI=1S/C12H8F2N2OS/c13-8-3-9(14)5-10(4-8)17-11-2-1-7(6-16-11)12(15)18/h1-6H,(H2,15,18). The minimum Gasteiger partial charge on any atom is -0.439 e. The molecule has 0 atom stereocenters. The Hall–Kier alpha value is -2.08. The monoisotopic (exact) mass is 266 g/mol. The molecule has 1 heterocycles. The van der Waals surface area contributed by atoms with Crippen LogP contribution >= 0.6 is 12.2 Å². The zero-order valence-electron chi connectivity index (χ0n) is 9.06. The lowest BCUT2D eigenvalue weighted by atomic mass is 10.3. The SMILES string of the molecule is NC(=S)c1ccc(Oc2cc(F)cc(F)c2)nc1. The van der Waals surface area contributed by atoms with E-state index in [1.807, 2.05) is 0 Å². The number of ether oxygens (including phenoxy) is 1. The largest absolute Gasteiger partial charge is 0.439 e. The van der Waals surface area contributed by atoms with E-state index in [2.05, 4.69) is 4.98 Å².